The average molecular weight is 841 g/mol. The third-order valence-corrected chi connectivity index (χ3v) is 13.1. The van der Waals surface area contributed by atoms with E-state index in [1.807, 2.05) is 24.3 Å². The molecule has 13 aromatic rings. The molecule has 3 heterocycles. The van der Waals surface area contributed by atoms with E-state index in [1.54, 1.807) is 0 Å². The summed E-state index contributed by atoms with van der Waals surface area (Å²) < 4.78 is 4.87. The summed E-state index contributed by atoms with van der Waals surface area (Å²) in [5.74, 6) is 0.705. The second-order valence-corrected chi connectivity index (χ2v) is 17.0. The summed E-state index contributed by atoms with van der Waals surface area (Å²) in [6.07, 6.45) is 0. The Hall–Kier alpha value is -8.86. The van der Waals surface area contributed by atoms with Crippen LogP contribution in [0.1, 0.15) is 0 Å². The van der Waals surface area contributed by atoms with Crippen molar-refractivity contribution >= 4 is 54.4 Å². The number of aromatic nitrogens is 4. The molecule has 66 heavy (non-hydrogen) atoms. The first kappa shape index (κ1) is 37.7. The minimum absolute atomic E-state index is 0.705. The van der Waals surface area contributed by atoms with E-state index in [2.05, 4.69) is 228 Å². The molecule has 0 bridgehead atoms. The second kappa shape index (κ2) is 15.4. The average Bonchev–Trinajstić information content (AvgIpc) is 3.92. The summed E-state index contributed by atoms with van der Waals surface area (Å²) in [4.78, 5) is 10.2. The third kappa shape index (κ3) is 6.30. The Morgan fingerprint density at radius 2 is 0.742 bits per heavy atom. The van der Waals surface area contributed by atoms with E-state index >= 15 is 0 Å². The van der Waals surface area contributed by atoms with E-state index in [-0.39, 0.29) is 0 Å². The molecular formula is C62H40N4. The lowest BCUT2D eigenvalue weighted by Crippen LogP contribution is -1.97. The van der Waals surface area contributed by atoms with Crippen LogP contribution >= 0.6 is 0 Å². The SMILES string of the molecule is c1ccc(-c2ccc(-c3ccc4c(c3)c3cc(-n5c6ccccc6c6ccc7ccccc7c65)ccc3n4-c3ccc(-c4cc(-c5ccccc5)nc(-c5ccccc5)n4)cc3)cc2)cc1. The summed E-state index contributed by atoms with van der Waals surface area (Å²) in [6.45, 7) is 0. The zero-order valence-electron chi connectivity index (χ0n) is 35.9. The molecule has 308 valence electrons. The highest BCUT2D eigenvalue weighted by Crippen LogP contribution is 2.41. The minimum atomic E-state index is 0.705. The maximum absolute atomic E-state index is 5.13. The summed E-state index contributed by atoms with van der Waals surface area (Å²) in [5.41, 5.74) is 16.5. The molecule has 0 N–H and O–H groups in total. The predicted molar refractivity (Wildman–Crippen MR) is 275 cm³/mol. The number of rotatable bonds is 7. The highest BCUT2D eigenvalue weighted by atomic mass is 15.0. The molecule has 0 saturated carbocycles. The molecule has 0 spiro atoms. The molecule has 0 radical (unpaired) electrons. The number of hydrogen-bond acceptors (Lipinski definition) is 2. The molecule has 0 saturated heterocycles. The van der Waals surface area contributed by atoms with Crippen molar-refractivity contribution in [2.24, 2.45) is 0 Å². The maximum Gasteiger partial charge on any atom is 0.160 e. The van der Waals surface area contributed by atoms with Gasteiger partial charge in [0.05, 0.1) is 33.5 Å². The van der Waals surface area contributed by atoms with E-state index in [0.29, 0.717) is 5.82 Å². The molecular weight excluding hydrogens is 801 g/mol. The summed E-state index contributed by atoms with van der Waals surface area (Å²) in [5, 5.41) is 7.36. The van der Waals surface area contributed by atoms with E-state index in [0.717, 1.165) is 50.5 Å². The Bertz CT molecular complexity index is 3890. The molecule has 4 heteroatoms. The first-order valence-corrected chi connectivity index (χ1v) is 22.5. The first-order valence-electron chi connectivity index (χ1n) is 22.5. The fourth-order valence-electron chi connectivity index (χ4n) is 9.94. The van der Waals surface area contributed by atoms with Gasteiger partial charge in [0, 0.05) is 55.0 Å². The highest BCUT2D eigenvalue weighted by Gasteiger charge is 2.19. The Morgan fingerprint density at radius 3 is 1.45 bits per heavy atom. The Balaban J connectivity index is 0.991. The fraction of sp³-hybridized carbons (Fsp3) is 0. The van der Waals surface area contributed by atoms with Gasteiger partial charge in [0.1, 0.15) is 0 Å². The first-order chi connectivity index (χ1) is 32.7. The van der Waals surface area contributed by atoms with Gasteiger partial charge in [0.2, 0.25) is 0 Å². The van der Waals surface area contributed by atoms with Gasteiger partial charge in [-0.15, -0.1) is 0 Å². The van der Waals surface area contributed by atoms with Crippen LogP contribution in [-0.4, -0.2) is 19.1 Å². The molecule has 0 aliphatic heterocycles. The van der Waals surface area contributed by atoms with Gasteiger partial charge in [0.25, 0.3) is 0 Å². The van der Waals surface area contributed by atoms with Crippen LogP contribution in [0.5, 0.6) is 0 Å². The van der Waals surface area contributed by atoms with Crippen LogP contribution in [-0.2, 0) is 0 Å². The Labute approximate surface area is 382 Å². The van der Waals surface area contributed by atoms with Gasteiger partial charge in [-0.1, -0.05) is 188 Å². The van der Waals surface area contributed by atoms with Gasteiger partial charge in [-0.3, -0.25) is 0 Å². The molecule has 0 aliphatic carbocycles. The third-order valence-electron chi connectivity index (χ3n) is 13.1. The highest BCUT2D eigenvalue weighted by molar-refractivity contribution is 6.19. The predicted octanol–water partition coefficient (Wildman–Crippen LogP) is 16.2. The number of fused-ring (bicyclic) bond motifs is 8. The molecule has 13 rings (SSSR count). The standard InChI is InChI=1S/C62H40N4/c1-4-14-41(15-5-1)42-24-26-43(27-25-42)48-31-36-59-54(38-48)55-39-50(66-58-23-13-12-22-52(58)53-35-30-44-16-10-11-21-51(44)61(53)66)34-37-60(55)65(59)49-32-28-46(29-33-49)57-40-56(45-17-6-2-7-18-45)63-62(64-57)47-19-8-3-9-20-47/h1-40H. The van der Waals surface area contributed by atoms with Crippen molar-refractivity contribution < 1.29 is 0 Å². The number of hydrogen-bond donors (Lipinski definition) is 0. The van der Waals surface area contributed by atoms with Gasteiger partial charge < -0.3 is 9.13 Å². The topological polar surface area (TPSA) is 35.6 Å². The van der Waals surface area contributed by atoms with Crippen LogP contribution in [0, 0.1) is 0 Å². The quantitative estimate of drug-likeness (QED) is 0.160. The largest absolute Gasteiger partial charge is 0.309 e. The smallest absolute Gasteiger partial charge is 0.160 e. The molecule has 0 atom stereocenters. The summed E-state index contributed by atoms with van der Waals surface area (Å²) in [6, 6.07) is 87.0. The monoisotopic (exact) mass is 840 g/mol. The van der Waals surface area contributed by atoms with Crippen molar-refractivity contribution in [3.05, 3.63) is 243 Å². The van der Waals surface area contributed by atoms with Gasteiger partial charge in [-0.25, -0.2) is 9.97 Å². The van der Waals surface area contributed by atoms with Crippen molar-refractivity contribution in [2.75, 3.05) is 0 Å². The number of benzene rings is 10. The minimum Gasteiger partial charge on any atom is -0.309 e. The van der Waals surface area contributed by atoms with Crippen LogP contribution in [0.25, 0.3) is 122 Å². The molecule has 4 nitrogen and oxygen atoms in total. The van der Waals surface area contributed by atoms with Crippen LogP contribution < -0.4 is 0 Å². The lowest BCUT2D eigenvalue weighted by molar-refractivity contribution is 1.16. The maximum atomic E-state index is 5.13. The zero-order valence-corrected chi connectivity index (χ0v) is 35.9. The van der Waals surface area contributed by atoms with Crippen molar-refractivity contribution in [1.29, 1.82) is 0 Å². The molecule has 3 aromatic heterocycles. The van der Waals surface area contributed by atoms with Crippen molar-refractivity contribution in [3.8, 4) is 67.5 Å². The number of nitrogens with zero attached hydrogens (tertiary/aromatic N) is 4. The fourth-order valence-corrected chi connectivity index (χ4v) is 9.94. The van der Waals surface area contributed by atoms with Crippen molar-refractivity contribution in [2.45, 2.75) is 0 Å². The molecule has 0 unspecified atom stereocenters. The molecule has 0 aliphatic rings. The normalized spacial score (nSPS) is 11.6. The van der Waals surface area contributed by atoms with E-state index in [1.165, 1.54) is 65.6 Å². The summed E-state index contributed by atoms with van der Waals surface area (Å²) >= 11 is 0. The van der Waals surface area contributed by atoms with Gasteiger partial charge in [0.15, 0.2) is 5.82 Å². The van der Waals surface area contributed by atoms with Crippen molar-refractivity contribution in [1.82, 2.24) is 19.1 Å². The van der Waals surface area contributed by atoms with E-state index in [9.17, 15) is 0 Å². The lowest BCUT2D eigenvalue weighted by Gasteiger charge is -2.12. The van der Waals surface area contributed by atoms with Crippen molar-refractivity contribution in [3.63, 3.8) is 0 Å². The Morgan fingerprint density at radius 1 is 0.258 bits per heavy atom. The lowest BCUT2D eigenvalue weighted by atomic mass is 9.99. The number of para-hydroxylation sites is 1. The molecule has 10 aromatic carbocycles. The van der Waals surface area contributed by atoms with Crippen LogP contribution in [0.2, 0.25) is 0 Å². The van der Waals surface area contributed by atoms with Gasteiger partial charge >= 0.3 is 0 Å². The second-order valence-electron chi connectivity index (χ2n) is 17.0. The van der Waals surface area contributed by atoms with E-state index < -0.39 is 0 Å². The Kier molecular flexibility index (Phi) is 8.81. The molecule has 0 fully saturated rings. The summed E-state index contributed by atoms with van der Waals surface area (Å²) in [7, 11) is 0. The zero-order chi connectivity index (χ0) is 43.6. The van der Waals surface area contributed by atoms with Crippen LogP contribution in [0.3, 0.4) is 0 Å². The van der Waals surface area contributed by atoms with Gasteiger partial charge in [-0.05, 0) is 82.2 Å². The van der Waals surface area contributed by atoms with Crippen LogP contribution in [0.4, 0.5) is 0 Å². The van der Waals surface area contributed by atoms with Crippen LogP contribution in [0.15, 0.2) is 243 Å². The molecule has 0 amide bonds. The van der Waals surface area contributed by atoms with Gasteiger partial charge in [-0.2, -0.15) is 0 Å². The van der Waals surface area contributed by atoms with E-state index in [4.69, 9.17) is 9.97 Å².